The highest BCUT2D eigenvalue weighted by Gasteiger charge is 2.35. The van der Waals surface area contributed by atoms with E-state index in [4.69, 9.17) is 0 Å². The van der Waals surface area contributed by atoms with E-state index in [1.807, 2.05) is 24.4 Å². The predicted molar refractivity (Wildman–Crippen MR) is 80.8 cm³/mol. The normalized spacial score (nSPS) is 21.4. The zero-order valence-electron chi connectivity index (χ0n) is 11.7. The molecule has 1 aromatic heterocycles. The van der Waals surface area contributed by atoms with Gasteiger partial charge in [0.1, 0.15) is 0 Å². The van der Waals surface area contributed by atoms with Gasteiger partial charge < -0.3 is 5.11 Å². The summed E-state index contributed by atoms with van der Waals surface area (Å²) in [5.74, 6) is 0. The Morgan fingerprint density at radius 1 is 1.50 bits per heavy atom. The molecule has 7 heteroatoms. The van der Waals surface area contributed by atoms with Gasteiger partial charge in [-0.2, -0.15) is 17.0 Å². The molecule has 0 amide bonds. The number of nitrogens with zero attached hydrogens (tertiary/aromatic N) is 2. The first-order valence-electron chi connectivity index (χ1n) is 6.99. The van der Waals surface area contributed by atoms with Crippen molar-refractivity contribution in [3.8, 4) is 0 Å². The fraction of sp³-hybridized carbons (Fsp3) is 0.692. The molecule has 20 heavy (non-hydrogen) atoms. The minimum atomic E-state index is -3.50. The van der Waals surface area contributed by atoms with E-state index >= 15 is 0 Å². The van der Waals surface area contributed by atoms with Crippen LogP contribution in [0, 0.1) is 0 Å². The van der Waals surface area contributed by atoms with Gasteiger partial charge in [-0.15, -0.1) is 11.3 Å². The number of hydrogen-bond acceptors (Lipinski definition) is 4. The summed E-state index contributed by atoms with van der Waals surface area (Å²) in [5.41, 5.74) is 0. The largest absolute Gasteiger partial charge is 0.395 e. The summed E-state index contributed by atoms with van der Waals surface area (Å²) in [6.07, 6.45) is 2.59. The zero-order valence-corrected chi connectivity index (χ0v) is 13.4. The van der Waals surface area contributed by atoms with Crippen LogP contribution in [0.2, 0.25) is 0 Å². The van der Waals surface area contributed by atoms with Crippen molar-refractivity contribution in [1.82, 2.24) is 8.61 Å². The monoisotopic (exact) mass is 318 g/mol. The van der Waals surface area contributed by atoms with Crippen molar-refractivity contribution in [2.75, 3.05) is 19.7 Å². The molecule has 1 aliphatic rings. The molecular formula is C13H22N2O3S2. The Bertz CT molecular complexity index is 502. The molecule has 1 saturated heterocycles. The van der Waals surface area contributed by atoms with Crippen molar-refractivity contribution in [2.24, 2.45) is 0 Å². The molecule has 2 heterocycles. The van der Waals surface area contributed by atoms with Crippen molar-refractivity contribution in [3.63, 3.8) is 0 Å². The molecule has 0 spiro atoms. The van der Waals surface area contributed by atoms with Crippen LogP contribution in [0.1, 0.15) is 31.1 Å². The first-order chi connectivity index (χ1) is 9.59. The summed E-state index contributed by atoms with van der Waals surface area (Å²) in [4.78, 5) is 1.04. The Hall–Kier alpha value is -0.470. The van der Waals surface area contributed by atoms with Crippen LogP contribution in [0.3, 0.4) is 0 Å². The summed E-state index contributed by atoms with van der Waals surface area (Å²) >= 11 is 1.56. The van der Waals surface area contributed by atoms with E-state index in [2.05, 4.69) is 0 Å². The highest BCUT2D eigenvalue weighted by Crippen LogP contribution is 2.24. The maximum atomic E-state index is 12.8. The molecule has 114 valence electrons. The molecule has 1 aliphatic heterocycles. The second-order valence-corrected chi connectivity index (χ2v) is 7.87. The molecule has 0 radical (unpaired) electrons. The predicted octanol–water partition coefficient (Wildman–Crippen LogP) is 1.66. The second-order valence-electron chi connectivity index (χ2n) is 4.96. The quantitative estimate of drug-likeness (QED) is 0.868. The number of thiophene rings is 1. The Labute approximate surface area is 125 Å². The lowest BCUT2D eigenvalue weighted by Crippen LogP contribution is -2.51. The topological polar surface area (TPSA) is 60.9 Å². The van der Waals surface area contributed by atoms with E-state index in [0.717, 1.165) is 24.1 Å². The van der Waals surface area contributed by atoms with E-state index < -0.39 is 10.2 Å². The number of aliphatic hydroxyl groups is 1. The Kier molecular flexibility index (Phi) is 5.57. The summed E-state index contributed by atoms with van der Waals surface area (Å²) in [6.45, 7) is 3.10. The highest BCUT2D eigenvalue weighted by molar-refractivity contribution is 7.86. The molecular weight excluding hydrogens is 296 g/mol. The van der Waals surface area contributed by atoms with E-state index in [1.165, 1.54) is 8.61 Å². The van der Waals surface area contributed by atoms with Gasteiger partial charge in [-0.1, -0.05) is 19.4 Å². The minimum Gasteiger partial charge on any atom is -0.395 e. The van der Waals surface area contributed by atoms with Crippen molar-refractivity contribution in [3.05, 3.63) is 22.4 Å². The molecule has 5 nitrogen and oxygen atoms in total. The van der Waals surface area contributed by atoms with Gasteiger partial charge in [0, 0.05) is 30.6 Å². The molecule has 1 fully saturated rings. The summed E-state index contributed by atoms with van der Waals surface area (Å²) in [5, 5.41) is 11.4. The number of piperidine rings is 1. The van der Waals surface area contributed by atoms with Crippen molar-refractivity contribution < 1.29 is 13.5 Å². The van der Waals surface area contributed by atoms with E-state index in [9.17, 15) is 13.5 Å². The average Bonchev–Trinajstić information content (AvgIpc) is 2.97. The number of hydrogen-bond donors (Lipinski definition) is 1. The minimum absolute atomic E-state index is 0.101. The first kappa shape index (κ1) is 15.9. The molecule has 1 unspecified atom stereocenters. The van der Waals surface area contributed by atoms with E-state index in [0.29, 0.717) is 19.6 Å². The average molecular weight is 318 g/mol. The SMILES string of the molecule is CCN(Cc1cccs1)S(=O)(=O)N1CCCCC1CO. The van der Waals surface area contributed by atoms with Gasteiger partial charge in [-0.3, -0.25) is 0 Å². The lowest BCUT2D eigenvalue weighted by Gasteiger charge is -2.36. The van der Waals surface area contributed by atoms with Gasteiger partial charge in [0.2, 0.25) is 0 Å². The summed E-state index contributed by atoms with van der Waals surface area (Å²) in [7, 11) is -3.50. The summed E-state index contributed by atoms with van der Waals surface area (Å²) < 4.78 is 28.5. The van der Waals surface area contributed by atoms with E-state index in [-0.39, 0.29) is 12.6 Å². The number of rotatable bonds is 6. The van der Waals surface area contributed by atoms with Crippen LogP contribution in [-0.4, -0.2) is 47.9 Å². The third kappa shape index (κ3) is 3.40. The Morgan fingerprint density at radius 3 is 2.90 bits per heavy atom. The third-order valence-electron chi connectivity index (χ3n) is 3.67. The molecule has 0 aromatic carbocycles. The van der Waals surface area contributed by atoms with Gasteiger partial charge in [-0.25, -0.2) is 0 Å². The van der Waals surface area contributed by atoms with Gasteiger partial charge >= 0.3 is 0 Å². The highest BCUT2D eigenvalue weighted by atomic mass is 32.2. The van der Waals surface area contributed by atoms with Gasteiger partial charge in [0.05, 0.1) is 6.61 Å². The van der Waals surface area contributed by atoms with Crippen LogP contribution in [-0.2, 0) is 16.8 Å². The van der Waals surface area contributed by atoms with Crippen molar-refractivity contribution in [1.29, 1.82) is 0 Å². The van der Waals surface area contributed by atoms with Crippen LogP contribution in [0.15, 0.2) is 17.5 Å². The molecule has 0 bridgehead atoms. The first-order valence-corrected chi connectivity index (χ1v) is 9.27. The Balaban J connectivity index is 2.17. The van der Waals surface area contributed by atoms with Crippen LogP contribution in [0.4, 0.5) is 0 Å². The zero-order chi connectivity index (χ0) is 14.6. The fourth-order valence-electron chi connectivity index (χ4n) is 2.54. The Morgan fingerprint density at radius 2 is 2.30 bits per heavy atom. The van der Waals surface area contributed by atoms with Crippen molar-refractivity contribution >= 4 is 21.5 Å². The smallest absolute Gasteiger partial charge is 0.282 e. The summed E-state index contributed by atoms with van der Waals surface area (Å²) in [6, 6.07) is 3.60. The molecule has 0 aliphatic carbocycles. The van der Waals surface area contributed by atoms with Gasteiger partial charge in [-0.05, 0) is 24.3 Å². The lowest BCUT2D eigenvalue weighted by molar-refractivity contribution is 0.147. The van der Waals surface area contributed by atoms with Crippen molar-refractivity contribution in [2.45, 2.75) is 38.8 Å². The lowest BCUT2D eigenvalue weighted by atomic mass is 10.1. The van der Waals surface area contributed by atoms with E-state index in [1.54, 1.807) is 11.3 Å². The maximum Gasteiger partial charge on any atom is 0.282 e. The molecule has 0 saturated carbocycles. The fourth-order valence-corrected chi connectivity index (χ4v) is 5.18. The molecule has 1 atom stereocenters. The maximum absolute atomic E-state index is 12.8. The van der Waals surface area contributed by atoms with Gasteiger partial charge in [0.25, 0.3) is 10.2 Å². The third-order valence-corrected chi connectivity index (χ3v) is 6.65. The van der Waals surface area contributed by atoms with Crippen LogP contribution < -0.4 is 0 Å². The number of aliphatic hydroxyl groups excluding tert-OH is 1. The van der Waals surface area contributed by atoms with Gasteiger partial charge in [0.15, 0.2) is 0 Å². The molecule has 2 rings (SSSR count). The standard InChI is InChI=1S/C13H22N2O3S2/c1-2-14(10-13-7-5-9-19-13)20(17,18)15-8-4-3-6-12(15)11-16/h5,7,9,12,16H,2-4,6,8,10-11H2,1H3. The second kappa shape index (κ2) is 7.00. The van der Waals surface area contributed by atoms with Crippen LogP contribution in [0.5, 0.6) is 0 Å². The van der Waals surface area contributed by atoms with Crippen LogP contribution >= 0.6 is 11.3 Å². The molecule has 1 N–H and O–H groups in total. The van der Waals surface area contributed by atoms with Crippen LogP contribution in [0.25, 0.3) is 0 Å². The molecule has 1 aromatic rings.